The zero-order valence-corrected chi connectivity index (χ0v) is 10.5. The fourth-order valence-electron chi connectivity index (χ4n) is 1.46. The topological polar surface area (TPSA) is 77.0 Å². The van der Waals surface area contributed by atoms with Gasteiger partial charge < -0.3 is 4.74 Å². The zero-order valence-electron chi connectivity index (χ0n) is 9.73. The third-order valence-corrected chi connectivity index (χ3v) is 2.84. The molecule has 2 aromatic rings. The summed E-state index contributed by atoms with van der Waals surface area (Å²) in [6.07, 6.45) is 1.38. The molecule has 0 atom stereocenters. The molecular weight excluding hydrogens is 258 g/mol. The van der Waals surface area contributed by atoms with Crippen LogP contribution in [0.15, 0.2) is 27.9 Å². The summed E-state index contributed by atoms with van der Waals surface area (Å²) in [7, 11) is 1.48. The molecule has 2 heterocycles. The third-order valence-electron chi connectivity index (χ3n) is 2.46. The summed E-state index contributed by atoms with van der Waals surface area (Å²) >= 11 is 5.72. The largest absolute Gasteiger partial charge is 0.481 e. The summed E-state index contributed by atoms with van der Waals surface area (Å²) < 4.78 is 5.87. The average molecular weight is 268 g/mol. The van der Waals surface area contributed by atoms with Crippen molar-refractivity contribution in [3.63, 3.8) is 0 Å². The summed E-state index contributed by atoms with van der Waals surface area (Å²) in [6, 6.07) is 3.13. The minimum Gasteiger partial charge on any atom is -0.481 e. The first-order chi connectivity index (χ1) is 8.54. The van der Waals surface area contributed by atoms with Gasteiger partial charge in [0.25, 0.3) is 5.56 Å². The maximum absolute atomic E-state index is 12.0. The number of H-pyrrole nitrogens is 1. The van der Waals surface area contributed by atoms with Crippen LogP contribution in [0.3, 0.4) is 0 Å². The number of rotatable bonds is 2. The Morgan fingerprint density at radius 2 is 2.11 bits per heavy atom. The minimum atomic E-state index is -0.609. The molecule has 94 valence electrons. The molecule has 0 bridgehead atoms. The number of methoxy groups -OCH3 is 1. The molecule has 0 aliphatic rings. The predicted molar refractivity (Wildman–Crippen MR) is 66.8 cm³/mol. The summed E-state index contributed by atoms with van der Waals surface area (Å²) in [5.41, 5.74) is -0.466. The van der Waals surface area contributed by atoms with Gasteiger partial charge in [0.05, 0.1) is 24.6 Å². The number of hydrogen-bond acceptors (Lipinski definition) is 4. The normalized spacial score (nSPS) is 10.4. The van der Waals surface area contributed by atoms with Crippen LogP contribution in [0.4, 0.5) is 0 Å². The number of hydrogen-bond donors (Lipinski definition) is 1. The van der Waals surface area contributed by atoms with Gasteiger partial charge in [0.1, 0.15) is 5.15 Å². The number of nitrogens with zero attached hydrogens (tertiary/aromatic N) is 2. The first-order valence-electron chi connectivity index (χ1n) is 5.06. The van der Waals surface area contributed by atoms with E-state index in [1.165, 1.54) is 20.2 Å². The van der Waals surface area contributed by atoms with Crippen LogP contribution in [0.1, 0.15) is 5.56 Å². The van der Waals surface area contributed by atoms with Gasteiger partial charge in [-0.25, -0.2) is 14.3 Å². The molecule has 2 aromatic heterocycles. The number of pyridine rings is 1. The lowest BCUT2D eigenvalue weighted by Crippen LogP contribution is -2.35. The SMILES string of the molecule is COc1ccc(-n2c(=O)[nH]c(Cl)c(C)c2=O)cn1. The summed E-state index contributed by atoms with van der Waals surface area (Å²) in [6.45, 7) is 1.54. The molecule has 0 amide bonds. The van der Waals surface area contributed by atoms with Crippen molar-refractivity contribution in [2.45, 2.75) is 6.92 Å². The van der Waals surface area contributed by atoms with Crippen molar-refractivity contribution in [2.24, 2.45) is 0 Å². The molecule has 0 saturated heterocycles. The number of halogens is 1. The van der Waals surface area contributed by atoms with Gasteiger partial charge in [0.2, 0.25) is 5.88 Å². The Morgan fingerprint density at radius 3 is 2.67 bits per heavy atom. The Labute approximate surface area is 107 Å². The first-order valence-corrected chi connectivity index (χ1v) is 5.44. The Balaban J connectivity index is 2.67. The van der Waals surface area contributed by atoms with E-state index in [-0.39, 0.29) is 10.7 Å². The highest BCUT2D eigenvalue weighted by Gasteiger charge is 2.10. The highest BCUT2D eigenvalue weighted by atomic mass is 35.5. The van der Waals surface area contributed by atoms with Gasteiger partial charge in [-0.15, -0.1) is 0 Å². The van der Waals surface area contributed by atoms with Crippen molar-refractivity contribution in [2.75, 3.05) is 7.11 Å². The van der Waals surface area contributed by atoms with E-state index in [1.54, 1.807) is 12.1 Å². The quantitative estimate of drug-likeness (QED) is 0.820. The van der Waals surface area contributed by atoms with Crippen molar-refractivity contribution in [3.05, 3.63) is 49.9 Å². The lowest BCUT2D eigenvalue weighted by molar-refractivity contribution is 0.397. The molecule has 0 radical (unpaired) electrons. The molecule has 0 unspecified atom stereocenters. The number of nitrogens with one attached hydrogen (secondary N) is 1. The van der Waals surface area contributed by atoms with E-state index in [2.05, 4.69) is 9.97 Å². The first kappa shape index (κ1) is 12.4. The van der Waals surface area contributed by atoms with E-state index in [4.69, 9.17) is 16.3 Å². The zero-order chi connectivity index (χ0) is 13.3. The van der Waals surface area contributed by atoms with Gasteiger partial charge in [0, 0.05) is 6.07 Å². The van der Waals surface area contributed by atoms with Crippen LogP contribution in [0, 0.1) is 6.92 Å². The number of aromatic amines is 1. The minimum absolute atomic E-state index is 0.0442. The van der Waals surface area contributed by atoms with Gasteiger partial charge >= 0.3 is 5.69 Å². The number of ether oxygens (including phenoxy) is 1. The van der Waals surface area contributed by atoms with Crippen LogP contribution in [0.25, 0.3) is 5.69 Å². The number of aromatic nitrogens is 3. The maximum atomic E-state index is 12.0. The van der Waals surface area contributed by atoms with Crippen molar-refractivity contribution < 1.29 is 4.74 Å². The van der Waals surface area contributed by atoms with E-state index in [0.29, 0.717) is 11.6 Å². The molecule has 7 heteroatoms. The summed E-state index contributed by atoms with van der Waals surface area (Å²) in [5.74, 6) is 0.397. The van der Waals surface area contributed by atoms with Gasteiger partial charge in [-0.3, -0.25) is 9.78 Å². The van der Waals surface area contributed by atoms with Crippen LogP contribution in [-0.4, -0.2) is 21.6 Å². The van der Waals surface area contributed by atoms with Gasteiger partial charge in [-0.1, -0.05) is 11.6 Å². The molecule has 0 spiro atoms. The standard InChI is InChI=1S/C11H10ClN3O3/c1-6-9(12)14-11(17)15(10(6)16)7-3-4-8(18-2)13-5-7/h3-5H,1-2H3,(H,14,17). The van der Waals surface area contributed by atoms with E-state index in [9.17, 15) is 9.59 Å². The lowest BCUT2D eigenvalue weighted by Gasteiger charge is -2.06. The average Bonchev–Trinajstić information content (AvgIpc) is 2.37. The Morgan fingerprint density at radius 1 is 1.39 bits per heavy atom. The van der Waals surface area contributed by atoms with Gasteiger partial charge in [-0.2, -0.15) is 0 Å². The molecule has 0 saturated carbocycles. The van der Waals surface area contributed by atoms with Gasteiger partial charge in [-0.05, 0) is 13.0 Å². The monoisotopic (exact) mass is 267 g/mol. The Bertz CT molecular complexity index is 688. The molecule has 18 heavy (non-hydrogen) atoms. The van der Waals surface area contributed by atoms with E-state index < -0.39 is 11.2 Å². The van der Waals surface area contributed by atoms with Crippen molar-refractivity contribution in [1.29, 1.82) is 0 Å². The van der Waals surface area contributed by atoms with E-state index >= 15 is 0 Å². The second-order valence-corrected chi connectivity index (χ2v) is 3.95. The molecule has 0 aliphatic heterocycles. The Hall–Kier alpha value is -2.08. The molecule has 2 rings (SSSR count). The van der Waals surface area contributed by atoms with Crippen LogP contribution in [0.2, 0.25) is 5.15 Å². The fraction of sp³-hybridized carbons (Fsp3) is 0.182. The van der Waals surface area contributed by atoms with Crippen molar-refractivity contribution >= 4 is 11.6 Å². The Kier molecular flexibility index (Phi) is 3.20. The predicted octanol–water partition coefficient (Wildman–Crippen LogP) is 0.891. The smallest absolute Gasteiger partial charge is 0.334 e. The van der Waals surface area contributed by atoms with Crippen molar-refractivity contribution in [1.82, 2.24) is 14.5 Å². The molecule has 0 aliphatic carbocycles. The van der Waals surface area contributed by atoms with Gasteiger partial charge in [0.15, 0.2) is 0 Å². The second kappa shape index (κ2) is 4.66. The van der Waals surface area contributed by atoms with Crippen LogP contribution in [0.5, 0.6) is 5.88 Å². The van der Waals surface area contributed by atoms with E-state index in [0.717, 1.165) is 4.57 Å². The second-order valence-electron chi connectivity index (χ2n) is 3.57. The highest BCUT2D eigenvalue weighted by molar-refractivity contribution is 6.30. The molecular formula is C11H10ClN3O3. The fourth-order valence-corrected chi connectivity index (χ4v) is 1.62. The highest BCUT2D eigenvalue weighted by Crippen LogP contribution is 2.09. The maximum Gasteiger partial charge on any atom is 0.334 e. The molecule has 6 nitrogen and oxygen atoms in total. The van der Waals surface area contributed by atoms with Crippen LogP contribution >= 0.6 is 11.6 Å². The summed E-state index contributed by atoms with van der Waals surface area (Å²) in [4.78, 5) is 30.0. The molecule has 1 N–H and O–H groups in total. The van der Waals surface area contributed by atoms with Crippen LogP contribution in [-0.2, 0) is 0 Å². The third kappa shape index (κ3) is 2.02. The molecule has 0 aromatic carbocycles. The van der Waals surface area contributed by atoms with E-state index in [1.807, 2.05) is 0 Å². The summed E-state index contributed by atoms with van der Waals surface area (Å²) in [5, 5.41) is 0.0442. The molecule has 0 fully saturated rings. The van der Waals surface area contributed by atoms with Crippen LogP contribution < -0.4 is 16.0 Å². The van der Waals surface area contributed by atoms with Crippen molar-refractivity contribution in [3.8, 4) is 11.6 Å². The lowest BCUT2D eigenvalue weighted by atomic mass is 10.3.